The van der Waals surface area contributed by atoms with Crippen molar-refractivity contribution in [1.29, 1.82) is 0 Å². The van der Waals surface area contributed by atoms with Crippen molar-refractivity contribution in [2.24, 2.45) is 10.2 Å². The number of hydrogen-bond donors (Lipinski definition) is 1. The van der Waals surface area contributed by atoms with E-state index >= 15 is 0 Å². The molecule has 0 fully saturated rings. The van der Waals surface area contributed by atoms with E-state index in [1.807, 2.05) is 50.2 Å². The molecule has 3 aromatic rings. The quantitative estimate of drug-likeness (QED) is 0.406. The van der Waals surface area contributed by atoms with Crippen molar-refractivity contribution < 1.29 is 19.1 Å². The normalized spacial score (nSPS) is 14.2. The molecule has 0 aromatic heterocycles. The van der Waals surface area contributed by atoms with Gasteiger partial charge in [0.25, 0.3) is 0 Å². The third-order valence-corrected chi connectivity index (χ3v) is 5.82. The predicted octanol–water partition coefficient (Wildman–Crippen LogP) is 4.96. The average molecular weight is 471 g/mol. The van der Waals surface area contributed by atoms with Gasteiger partial charge in [-0.3, -0.25) is 10.2 Å². The lowest BCUT2D eigenvalue weighted by Gasteiger charge is -2.14. The van der Waals surface area contributed by atoms with Gasteiger partial charge in [0.15, 0.2) is 11.5 Å². The van der Waals surface area contributed by atoms with Crippen LogP contribution in [0.4, 0.5) is 11.4 Å². The average Bonchev–Trinajstić information content (AvgIpc) is 3.16. The van der Waals surface area contributed by atoms with Crippen LogP contribution in [-0.2, 0) is 9.53 Å². The van der Waals surface area contributed by atoms with E-state index in [1.165, 1.54) is 12.1 Å². The predicted molar refractivity (Wildman–Crippen MR) is 137 cm³/mol. The van der Waals surface area contributed by atoms with Crippen LogP contribution in [0, 0.1) is 13.8 Å². The van der Waals surface area contributed by atoms with Crippen LogP contribution in [-0.4, -0.2) is 37.5 Å². The molecule has 3 aromatic carbocycles. The molecule has 0 aliphatic carbocycles. The highest BCUT2D eigenvalue weighted by Gasteiger charge is 2.31. The molecular weight excluding hydrogens is 444 g/mol. The van der Waals surface area contributed by atoms with Crippen LogP contribution in [0.25, 0.3) is 11.1 Å². The standard InChI is InChI=1S/C27H26N4O4/c1-16-12-13-21(14-17(16)2)31-26(32)24(18(3)30-31)29-28-23-11-7-10-22(25(23)34-4)19-8-6-9-20(15-19)27(33)35-5/h6-15,28H,1-5H3/b29-24-. The third-order valence-electron chi connectivity index (χ3n) is 5.82. The van der Waals surface area contributed by atoms with Gasteiger partial charge >= 0.3 is 11.9 Å². The summed E-state index contributed by atoms with van der Waals surface area (Å²) in [6.07, 6.45) is 0. The largest absolute Gasteiger partial charge is 0.494 e. The highest BCUT2D eigenvalue weighted by atomic mass is 16.5. The number of ether oxygens (including phenoxy) is 2. The van der Waals surface area contributed by atoms with Crippen molar-refractivity contribution in [3.63, 3.8) is 0 Å². The van der Waals surface area contributed by atoms with E-state index < -0.39 is 5.97 Å². The lowest BCUT2D eigenvalue weighted by Crippen LogP contribution is -2.28. The molecule has 0 bridgehead atoms. The molecule has 1 aliphatic rings. The minimum atomic E-state index is -0.422. The molecule has 1 amide bonds. The fourth-order valence-corrected chi connectivity index (χ4v) is 3.78. The van der Waals surface area contributed by atoms with Crippen molar-refractivity contribution in [1.82, 2.24) is 0 Å². The summed E-state index contributed by atoms with van der Waals surface area (Å²) in [5.74, 6) is -0.224. The number of aryl methyl sites for hydroxylation is 2. The first-order valence-corrected chi connectivity index (χ1v) is 11.0. The number of hydrogen-bond acceptors (Lipinski definition) is 7. The number of para-hydroxylation sites is 1. The van der Waals surface area contributed by atoms with Crippen molar-refractivity contribution >= 4 is 34.7 Å². The highest BCUT2D eigenvalue weighted by Crippen LogP contribution is 2.37. The third kappa shape index (κ3) is 4.63. The molecule has 1 aliphatic heterocycles. The molecule has 178 valence electrons. The minimum absolute atomic E-state index is 0.211. The molecule has 0 saturated carbocycles. The van der Waals surface area contributed by atoms with Crippen LogP contribution >= 0.6 is 0 Å². The molecule has 0 saturated heterocycles. The Kier molecular flexibility index (Phi) is 6.64. The first-order valence-electron chi connectivity index (χ1n) is 11.0. The Hall–Kier alpha value is -4.46. The molecule has 4 rings (SSSR count). The summed E-state index contributed by atoms with van der Waals surface area (Å²) in [7, 11) is 2.90. The summed E-state index contributed by atoms with van der Waals surface area (Å²) in [5.41, 5.74) is 9.10. The fraction of sp³-hybridized carbons (Fsp3) is 0.185. The van der Waals surface area contributed by atoms with E-state index in [2.05, 4.69) is 15.6 Å². The number of esters is 1. The van der Waals surface area contributed by atoms with Gasteiger partial charge in [0.2, 0.25) is 0 Å². The van der Waals surface area contributed by atoms with Gasteiger partial charge in [0, 0.05) is 5.56 Å². The van der Waals surface area contributed by atoms with Crippen LogP contribution < -0.4 is 15.2 Å². The zero-order valence-electron chi connectivity index (χ0n) is 20.2. The molecule has 1 N–H and O–H groups in total. The maximum absolute atomic E-state index is 13.1. The fourth-order valence-electron chi connectivity index (χ4n) is 3.78. The Morgan fingerprint density at radius 3 is 2.46 bits per heavy atom. The van der Waals surface area contributed by atoms with Crippen LogP contribution in [0.15, 0.2) is 70.9 Å². The second-order valence-electron chi connectivity index (χ2n) is 8.10. The van der Waals surface area contributed by atoms with Gasteiger partial charge in [0.05, 0.1) is 36.9 Å². The minimum Gasteiger partial charge on any atom is -0.494 e. The molecule has 1 heterocycles. The summed E-state index contributed by atoms with van der Waals surface area (Å²) in [6.45, 7) is 5.75. The maximum atomic E-state index is 13.1. The SMILES string of the molecule is COC(=O)c1cccc(-c2cccc(N/N=C3\C(=O)N(c4ccc(C)c(C)c4)N=C3C)c2OC)c1. The molecule has 0 spiro atoms. The van der Waals surface area contributed by atoms with Gasteiger partial charge in [-0.15, -0.1) is 0 Å². The van der Waals surface area contributed by atoms with Crippen molar-refractivity contribution in [3.8, 4) is 16.9 Å². The van der Waals surface area contributed by atoms with Crippen molar-refractivity contribution in [3.05, 3.63) is 77.4 Å². The zero-order chi connectivity index (χ0) is 25.1. The van der Waals surface area contributed by atoms with Gasteiger partial charge in [-0.05, 0) is 67.8 Å². The zero-order valence-corrected chi connectivity index (χ0v) is 20.2. The molecule has 0 atom stereocenters. The first-order chi connectivity index (χ1) is 16.8. The summed E-state index contributed by atoms with van der Waals surface area (Å²) < 4.78 is 10.5. The lowest BCUT2D eigenvalue weighted by molar-refractivity contribution is -0.112. The molecule has 8 heteroatoms. The maximum Gasteiger partial charge on any atom is 0.337 e. The van der Waals surface area contributed by atoms with Crippen LogP contribution in [0.1, 0.15) is 28.4 Å². The van der Waals surface area contributed by atoms with E-state index in [0.29, 0.717) is 28.4 Å². The topological polar surface area (TPSA) is 92.6 Å². The number of anilines is 2. The Balaban J connectivity index is 1.63. The second-order valence-corrected chi connectivity index (χ2v) is 8.10. The number of benzene rings is 3. The number of rotatable bonds is 6. The summed E-state index contributed by atoms with van der Waals surface area (Å²) >= 11 is 0. The van der Waals surface area contributed by atoms with E-state index in [-0.39, 0.29) is 11.6 Å². The first kappa shape index (κ1) is 23.7. The Labute approximate surface area is 203 Å². The van der Waals surface area contributed by atoms with Gasteiger partial charge in [0.1, 0.15) is 0 Å². The van der Waals surface area contributed by atoms with Crippen LogP contribution in [0.3, 0.4) is 0 Å². The summed E-state index contributed by atoms with van der Waals surface area (Å²) in [4.78, 5) is 25.0. The number of amides is 1. The van der Waals surface area contributed by atoms with E-state index in [0.717, 1.165) is 22.3 Å². The Morgan fingerprint density at radius 1 is 0.971 bits per heavy atom. The van der Waals surface area contributed by atoms with Crippen molar-refractivity contribution in [2.45, 2.75) is 20.8 Å². The van der Waals surface area contributed by atoms with Gasteiger partial charge < -0.3 is 9.47 Å². The molecule has 35 heavy (non-hydrogen) atoms. The van der Waals surface area contributed by atoms with E-state index in [1.54, 1.807) is 38.3 Å². The second kappa shape index (κ2) is 9.80. The van der Waals surface area contributed by atoms with Crippen LogP contribution in [0.2, 0.25) is 0 Å². The van der Waals surface area contributed by atoms with Crippen LogP contribution in [0.5, 0.6) is 5.75 Å². The number of nitrogens with zero attached hydrogens (tertiary/aromatic N) is 3. The molecule has 0 radical (unpaired) electrons. The molecule has 8 nitrogen and oxygen atoms in total. The Bertz CT molecular complexity index is 1380. The number of hydrazone groups is 2. The van der Waals surface area contributed by atoms with E-state index in [4.69, 9.17) is 9.47 Å². The number of carbonyl (C=O) groups is 2. The van der Waals surface area contributed by atoms with Crippen molar-refractivity contribution in [2.75, 3.05) is 24.7 Å². The lowest BCUT2D eigenvalue weighted by atomic mass is 10.0. The van der Waals surface area contributed by atoms with Gasteiger partial charge in [-0.2, -0.15) is 15.2 Å². The highest BCUT2D eigenvalue weighted by molar-refractivity contribution is 6.71. The molecular formula is C27H26N4O4. The number of methoxy groups -OCH3 is 2. The number of nitrogens with one attached hydrogen (secondary N) is 1. The van der Waals surface area contributed by atoms with E-state index in [9.17, 15) is 9.59 Å². The van der Waals surface area contributed by atoms with Gasteiger partial charge in [-0.1, -0.05) is 30.3 Å². The summed E-state index contributed by atoms with van der Waals surface area (Å²) in [6, 6.07) is 18.3. The smallest absolute Gasteiger partial charge is 0.337 e. The Morgan fingerprint density at radius 2 is 1.74 bits per heavy atom. The van der Waals surface area contributed by atoms with Gasteiger partial charge in [-0.25, -0.2) is 4.79 Å². The summed E-state index contributed by atoms with van der Waals surface area (Å²) in [5, 5.41) is 10.1. The number of carbonyl (C=O) groups excluding carboxylic acids is 2. The monoisotopic (exact) mass is 470 g/mol. The molecule has 0 unspecified atom stereocenters.